The van der Waals surface area contributed by atoms with Gasteiger partial charge in [-0.15, -0.1) is 11.3 Å². The van der Waals surface area contributed by atoms with Crippen LogP contribution >= 0.6 is 11.3 Å². The number of carbonyl (C=O) groups excluding carboxylic acids is 2. The van der Waals surface area contributed by atoms with Crippen LogP contribution in [0.15, 0.2) is 45.6 Å². The molecule has 35 heavy (non-hydrogen) atoms. The summed E-state index contributed by atoms with van der Waals surface area (Å²) in [6, 6.07) is 9.35. The van der Waals surface area contributed by atoms with Crippen LogP contribution in [-0.4, -0.2) is 46.0 Å². The minimum atomic E-state index is -0.624. The van der Waals surface area contributed by atoms with Gasteiger partial charge in [-0.25, -0.2) is 4.79 Å². The summed E-state index contributed by atoms with van der Waals surface area (Å²) < 4.78 is 12.5. The lowest BCUT2D eigenvalue weighted by Gasteiger charge is -2.18. The number of nitro benzene ring substituents is 1. The van der Waals surface area contributed by atoms with Gasteiger partial charge in [0.25, 0.3) is 11.2 Å². The quantitative estimate of drug-likeness (QED) is 0.251. The molecule has 0 aliphatic rings. The smallest absolute Gasteiger partial charge is 0.333 e. The lowest BCUT2D eigenvalue weighted by atomic mass is 10.1. The first-order valence-corrected chi connectivity index (χ1v) is 11.8. The number of hydrogen-bond donors (Lipinski definition) is 0. The Bertz CT molecular complexity index is 1410. The van der Waals surface area contributed by atoms with Crippen molar-refractivity contribution < 1.29 is 23.7 Å². The summed E-state index contributed by atoms with van der Waals surface area (Å²) in [6.07, 6.45) is 2.66. The van der Waals surface area contributed by atoms with Crippen molar-refractivity contribution in [2.45, 2.75) is 27.3 Å². The second-order valence-corrected chi connectivity index (χ2v) is 8.34. The molecule has 2 aromatic heterocycles. The molecule has 0 aliphatic heterocycles. The van der Waals surface area contributed by atoms with Gasteiger partial charge in [0.2, 0.25) is 5.91 Å². The van der Waals surface area contributed by atoms with E-state index in [4.69, 9.17) is 9.15 Å². The van der Waals surface area contributed by atoms with E-state index in [1.54, 1.807) is 42.2 Å². The van der Waals surface area contributed by atoms with Crippen LogP contribution in [0.4, 0.5) is 5.69 Å². The molecule has 0 atom stereocenters. The number of esters is 1. The average Bonchev–Trinajstić information content (AvgIpc) is 3.40. The third-order valence-electron chi connectivity index (χ3n) is 5.14. The predicted molar refractivity (Wildman–Crippen MR) is 131 cm³/mol. The Morgan fingerprint density at radius 2 is 1.89 bits per heavy atom. The molecule has 0 spiro atoms. The number of benzene rings is 1. The van der Waals surface area contributed by atoms with Crippen LogP contribution in [0.3, 0.4) is 0 Å². The summed E-state index contributed by atoms with van der Waals surface area (Å²) in [5.41, 5.74) is -0.260. The first-order chi connectivity index (χ1) is 16.8. The van der Waals surface area contributed by atoms with Gasteiger partial charge in [0.15, 0.2) is 0 Å². The topological polar surface area (TPSA) is 125 Å². The fourth-order valence-corrected chi connectivity index (χ4v) is 4.45. The number of hydrogen-bond acceptors (Lipinski definition) is 8. The lowest BCUT2D eigenvalue weighted by molar-refractivity contribution is -0.384. The third-order valence-corrected chi connectivity index (χ3v) is 6.20. The van der Waals surface area contributed by atoms with Crippen molar-refractivity contribution in [1.29, 1.82) is 0 Å². The van der Waals surface area contributed by atoms with Gasteiger partial charge in [-0.2, -0.15) is 0 Å². The molecule has 1 aromatic carbocycles. The highest BCUT2D eigenvalue weighted by atomic mass is 32.1. The highest BCUT2D eigenvalue weighted by Crippen LogP contribution is 2.30. The maximum atomic E-state index is 13.2. The third kappa shape index (κ3) is 5.93. The normalized spacial score (nSPS) is 12.1. The van der Waals surface area contributed by atoms with Gasteiger partial charge >= 0.3 is 5.97 Å². The molecule has 0 fully saturated rings. The van der Waals surface area contributed by atoms with Crippen molar-refractivity contribution in [3.8, 4) is 11.3 Å². The Balaban J connectivity index is 2.08. The molecule has 0 bridgehead atoms. The van der Waals surface area contributed by atoms with Crippen LogP contribution in [-0.2, 0) is 20.9 Å². The van der Waals surface area contributed by atoms with Crippen molar-refractivity contribution in [3.05, 3.63) is 71.8 Å². The van der Waals surface area contributed by atoms with Gasteiger partial charge in [-0.1, -0.05) is 12.1 Å². The van der Waals surface area contributed by atoms with E-state index >= 15 is 0 Å². The molecular weight excluding hydrogens is 474 g/mol. The van der Waals surface area contributed by atoms with Crippen molar-refractivity contribution in [2.24, 2.45) is 0 Å². The Morgan fingerprint density at radius 3 is 2.54 bits per heavy atom. The number of carbonyl (C=O) groups is 2. The van der Waals surface area contributed by atoms with E-state index in [1.165, 1.54) is 22.8 Å². The number of furan rings is 1. The first kappa shape index (κ1) is 25.6. The van der Waals surface area contributed by atoms with E-state index in [2.05, 4.69) is 0 Å². The Hall–Kier alpha value is -3.99. The minimum Gasteiger partial charge on any atom is -0.463 e. The molecule has 11 heteroatoms. The summed E-state index contributed by atoms with van der Waals surface area (Å²) in [6.45, 7) is 6.28. The van der Waals surface area contributed by atoms with E-state index in [9.17, 15) is 24.5 Å². The SMILES string of the molecule is CCOC(=O)/C=c1\s/c(=C\c2ccc(-c3ccccc3[N+](=O)[O-])o2)c(=O)n1CC(=O)N(CC)CC. The Labute approximate surface area is 204 Å². The summed E-state index contributed by atoms with van der Waals surface area (Å²) >= 11 is 1.02. The fourth-order valence-electron chi connectivity index (χ4n) is 3.43. The van der Waals surface area contributed by atoms with Crippen LogP contribution in [0, 0.1) is 10.1 Å². The monoisotopic (exact) mass is 499 g/mol. The van der Waals surface area contributed by atoms with Gasteiger partial charge in [0, 0.05) is 25.2 Å². The van der Waals surface area contributed by atoms with Crippen molar-refractivity contribution in [1.82, 2.24) is 9.47 Å². The largest absolute Gasteiger partial charge is 0.463 e. The first-order valence-electron chi connectivity index (χ1n) is 11.0. The molecular formula is C24H25N3O7S. The molecule has 10 nitrogen and oxygen atoms in total. The molecule has 0 saturated carbocycles. The highest BCUT2D eigenvalue weighted by molar-refractivity contribution is 7.07. The molecule has 2 heterocycles. The number of nitro groups is 1. The van der Waals surface area contributed by atoms with Crippen LogP contribution in [0.2, 0.25) is 0 Å². The zero-order valence-electron chi connectivity index (χ0n) is 19.6. The molecule has 0 unspecified atom stereocenters. The number of aromatic nitrogens is 1. The van der Waals surface area contributed by atoms with E-state index in [1.807, 2.05) is 13.8 Å². The van der Waals surface area contributed by atoms with Crippen molar-refractivity contribution in [3.63, 3.8) is 0 Å². The van der Waals surface area contributed by atoms with Gasteiger partial charge in [-0.3, -0.25) is 24.3 Å². The van der Waals surface area contributed by atoms with E-state index in [-0.39, 0.29) is 39.7 Å². The number of likely N-dealkylation sites (N-methyl/N-ethyl adjacent to an activating group) is 1. The average molecular weight is 500 g/mol. The molecule has 3 aromatic rings. The summed E-state index contributed by atoms with van der Waals surface area (Å²) in [7, 11) is 0. The molecule has 0 N–H and O–H groups in total. The molecule has 3 rings (SSSR count). The van der Waals surface area contributed by atoms with Crippen molar-refractivity contribution in [2.75, 3.05) is 19.7 Å². The number of nitrogens with zero attached hydrogens (tertiary/aromatic N) is 3. The number of rotatable bonds is 9. The summed E-state index contributed by atoms with van der Waals surface area (Å²) in [5.74, 6) is -0.311. The number of amides is 1. The molecule has 0 aliphatic carbocycles. The number of ether oxygens (including phenoxy) is 1. The molecule has 0 saturated heterocycles. The van der Waals surface area contributed by atoms with Gasteiger partial charge in [-0.05, 0) is 39.0 Å². The minimum absolute atomic E-state index is 0.104. The maximum absolute atomic E-state index is 13.2. The molecule has 0 radical (unpaired) electrons. The number of para-hydroxylation sites is 1. The fraction of sp³-hybridized carbons (Fsp3) is 0.292. The maximum Gasteiger partial charge on any atom is 0.333 e. The second kappa shape index (κ2) is 11.4. The van der Waals surface area contributed by atoms with Gasteiger partial charge < -0.3 is 14.1 Å². The van der Waals surface area contributed by atoms with Crippen molar-refractivity contribution >= 4 is 41.1 Å². The predicted octanol–water partition coefficient (Wildman–Crippen LogP) is 2.12. The Morgan fingerprint density at radius 1 is 1.17 bits per heavy atom. The van der Waals surface area contributed by atoms with E-state index < -0.39 is 16.5 Å². The lowest BCUT2D eigenvalue weighted by Crippen LogP contribution is -2.40. The molecule has 184 valence electrons. The van der Waals surface area contributed by atoms with E-state index in [0.717, 1.165) is 11.3 Å². The van der Waals surface area contributed by atoms with Crippen LogP contribution in [0.25, 0.3) is 23.5 Å². The summed E-state index contributed by atoms with van der Waals surface area (Å²) in [5, 5.41) is 11.3. The zero-order valence-corrected chi connectivity index (χ0v) is 20.4. The number of thiazole rings is 1. The van der Waals surface area contributed by atoms with Crippen LogP contribution in [0.1, 0.15) is 26.5 Å². The zero-order chi connectivity index (χ0) is 25.5. The van der Waals surface area contributed by atoms with Gasteiger partial charge in [0.05, 0.1) is 27.7 Å². The standard InChI is InChI=1S/C24H25N3O7S/c1-4-25(5-2)21(28)15-26-22(14-23(29)33-6-3)35-20(24(26)30)13-16-11-12-19(34-16)17-9-7-8-10-18(17)27(31)32/h7-14H,4-6,15H2,1-3H3/b20-13-,22-14-. The summed E-state index contributed by atoms with van der Waals surface area (Å²) in [4.78, 5) is 50.3. The van der Waals surface area contributed by atoms with E-state index in [0.29, 0.717) is 24.4 Å². The second-order valence-electron chi connectivity index (χ2n) is 7.28. The van der Waals surface area contributed by atoms with Gasteiger partial charge in [0.1, 0.15) is 22.7 Å². The highest BCUT2D eigenvalue weighted by Gasteiger charge is 2.18. The molecule has 1 amide bonds. The van der Waals surface area contributed by atoms with Crippen LogP contribution in [0.5, 0.6) is 0 Å². The van der Waals surface area contributed by atoms with Crippen LogP contribution < -0.4 is 14.8 Å². The Kier molecular flexibility index (Phi) is 8.37.